The third-order valence-electron chi connectivity index (χ3n) is 4.15. The van der Waals surface area contributed by atoms with Crippen molar-refractivity contribution in [3.05, 3.63) is 53.6 Å². The molecule has 6 nitrogen and oxygen atoms in total. The molecule has 0 aliphatic carbocycles. The predicted molar refractivity (Wildman–Crippen MR) is 102 cm³/mol. The summed E-state index contributed by atoms with van der Waals surface area (Å²) in [6.45, 7) is 5.72. The first-order chi connectivity index (χ1) is 12.1. The average molecular weight is 374 g/mol. The van der Waals surface area contributed by atoms with Gasteiger partial charge in [-0.05, 0) is 38.5 Å². The highest BCUT2D eigenvalue weighted by Gasteiger charge is 2.32. The van der Waals surface area contributed by atoms with E-state index in [1.54, 1.807) is 38.1 Å². The fourth-order valence-electron chi connectivity index (χ4n) is 2.66. The van der Waals surface area contributed by atoms with Gasteiger partial charge in [-0.3, -0.25) is 9.52 Å². The van der Waals surface area contributed by atoms with Crippen LogP contribution in [0.25, 0.3) is 0 Å². The van der Waals surface area contributed by atoms with Crippen LogP contribution in [-0.4, -0.2) is 20.9 Å². The zero-order valence-corrected chi connectivity index (χ0v) is 15.8. The van der Waals surface area contributed by atoms with Crippen molar-refractivity contribution >= 4 is 27.3 Å². The average Bonchev–Trinajstić information content (AvgIpc) is 2.64. The number of carbonyl (C=O) groups excluding carboxylic acids is 1. The quantitative estimate of drug-likeness (QED) is 0.860. The predicted octanol–water partition coefficient (Wildman–Crippen LogP) is 3.29. The third-order valence-corrected chi connectivity index (χ3v) is 5.41. The van der Waals surface area contributed by atoms with Gasteiger partial charge in [0.2, 0.25) is 15.9 Å². The summed E-state index contributed by atoms with van der Waals surface area (Å²) in [7, 11) is -3.57. The van der Waals surface area contributed by atoms with Crippen molar-refractivity contribution in [2.45, 2.75) is 26.5 Å². The van der Waals surface area contributed by atoms with Gasteiger partial charge in [0.15, 0.2) is 0 Å². The van der Waals surface area contributed by atoms with Gasteiger partial charge >= 0.3 is 0 Å². The highest BCUT2D eigenvalue weighted by Crippen LogP contribution is 2.34. The van der Waals surface area contributed by atoms with Gasteiger partial charge in [-0.15, -0.1) is 0 Å². The Balaban J connectivity index is 1.79. The molecule has 1 aliphatic heterocycles. The molecule has 1 heterocycles. The van der Waals surface area contributed by atoms with E-state index in [-0.39, 0.29) is 18.3 Å². The number of nitrogens with one attached hydrogen (secondary N) is 2. The monoisotopic (exact) mass is 374 g/mol. The maximum atomic E-state index is 12.5. The summed E-state index contributed by atoms with van der Waals surface area (Å²) in [4.78, 5) is 12.1. The van der Waals surface area contributed by atoms with E-state index in [1.165, 1.54) is 0 Å². The van der Waals surface area contributed by atoms with Gasteiger partial charge in [-0.1, -0.05) is 29.8 Å². The Morgan fingerprint density at radius 2 is 1.96 bits per heavy atom. The number of amides is 1. The molecule has 26 heavy (non-hydrogen) atoms. The number of hydrogen-bond donors (Lipinski definition) is 2. The van der Waals surface area contributed by atoms with E-state index >= 15 is 0 Å². The van der Waals surface area contributed by atoms with E-state index in [0.717, 1.165) is 11.1 Å². The summed E-state index contributed by atoms with van der Waals surface area (Å²) in [5, 5.41) is 2.81. The molecule has 2 N–H and O–H groups in total. The Hall–Kier alpha value is -2.54. The second-order valence-electron chi connectivity index (χ2n) is 7.19. The Morgan fingerprint density at radius 1 is 1.19 bits per heavy atom. The van der Waals surface area contributed by atoms with E-state index in [0.29, 0.717) is 17.1 Å². The van der Waals surface area contributed by atoms with Crippen molar-refractivity contribution in [1.29, 1.82) is 0 Å². The summed E-state index contributed by atoms with van der Waals surface area (Å²) in [5.41, 5.74) is 1.99. The van der Waals surface area contributed by atoms with E-state index in [2.05, 4.69) is 10.0 Å². The van der Waals surface area contributed by atoms with Crippen LogP contribution in [0.3, 0.4) is 0 Å². The maximum absolute atomic E-state index is 12.5. The fourth-order valence-corrected chi connectivity index (χ4v) is 3.84. The molecular formula is C19H22N2O4S. The molecule has 0 radical (unpaired) electrons. The molecule has 0 atom stereocenters. The van der Waals surface area contributed by atoms with Crippen molar-refractivity contribution in [3.8, 4) is 5.75 Å². The number of benzene rings is 2. The van der Waals surface area contributed by atoms with Crippen molar-refractivity contribution in [2.75, 3.05) is 16.6 Å². The van der Waals surface area contributed by atoms with Gasteiger partial charge in [0, 0.05) is 6.07 Å². The first-order valence-corrected chi connectivity index (χ1v) is 9.94. The smallest absolute Gasteiger partial charge is 0.236 e. The highest BCUT2D eigenvalue weighted by molar-refractivity contribution is 7.91. The molecular weight excluding hydrogens is 352 g/mol. The van der Waals surface area contributed by atoms with Crippen LogP contribution in [0, 0.1) is 12.3 Å². The molecule has 1 amide bonds. The molecule has 0 fully saturated rings. The van der Waals surface area contributed by atoms with Crippen molar-refractivity contribution < 1.29 is 17.9 Å². The number of fused-ring (bicyclic) bond motifs is 1. The summed E-state index contributed by atoms with van der Waals surface area (Å²) in [5.74, 6) is 0.194. The molecule has 138 valence electrons. The molecule has 3 rings (SSSR count). The molecule has 0 aromatic heterocycles. The van der Waals surface area contributed by atoms with Gasteiger partial charge in [-0.25, -0.2) is 8.42 Å². The van der Waals surface area contributed by atoms with Crippen LogP contribution < -0.4 is 14.8 Å². The summed E-state index contributed by atoms with van der Waals surface area (Å²) in [6.07, 6.45) is 0. The molecule has 0 saturated heterocycles. The number of carbonyl (C=O) groups is 1. The number of ether oxygens (including phenoxy) is 1. The number of sulfonamides is 1. The second kappa shape index (κ2) is 6.64. The van der Waals surface area contributed by atoms with Gasteiger partial charge < -0.3 is 10.1 Å². The van der Waals surface area contributed by atoms with Crippen LogP contribution in [0.1, 0.15) is 25.0 Å². The lowest BCUT2D eigenvalue weighted by molar-refractivity contribution is -0.124. The van der Waals surface area contributed by atoms with E-state index in [9.17, 15) is 13.2 Å². The first-order valence-electron chi connectivity index (χ1n) is 8.29. The van der Waals surface area contributed by atoms with E-state index < -0.39 is 15.4 Å². The first kappa shape index (κ1) is 18.3. The lowest BCUT2D eigenvalue weighted by Crippen LogP contribution is -2.33. The highest BCUT2D eigenvalue weighted by atomic mass is 32.2. The Morgan fingerprint density at radius 3 is 2.69 bits per heavy atom. The van der Waals surface area contributed by atoms with Gasteiger partial charge in [-0.2, -0.15) is 0 Å². The van der Waals surface area contributed by atoms with Crippen molar-refractivity contribution in [1.82, 2.24) is 0 Å². The molecule has 2 aromatic rings. The SMILES string of the molecule is Cc1cccc(CS(=O)(=O)Nc2ccc3c(c2)OCC(C)(C)C(=O)N3)c1. The molecule has 0 bridgehead atoms. The molecule has 0 unspecified atom stereocenters. The zero-order chi connectivity index (χ0) is 18.9. The molecule has 7 heteroatoms. The Kier molecular flexibility index (Phi) is 4.66. The topological polar surface area (TPSA) is 84.5 Å². The summed E-state index contributed by atoms with van der Waals surface area (Å²) >= 11 is 0. The maximum Gasteiger partial charge on any atom is 0.236 e. The van der Waals surface area contributed by atoms with Crippen molar-refractivity contribution in [3.63, 3.8) is 0 Å². The number of anilines is 2. The number of hydrogen-bond acceptors (Lipinski definition) is 4. The second-order valence-corrected chi connectivity index (χ2v) is 8.91. The van der Waals surface area contributed by atoms with Gasteiger partial charge in [0.05, 0.1) is 22.5 Å². The van der Waals surface area contributed by atoms with Crippen LogP contribution in [0.2, 0.25) is 0 Å². The largest absolute Gasteiger partial charge is 0.490 e. The zero-order valence-electron chi connectivity index (χ0n) is 15.0. The van der Waals surface area contributed by atoms with E-state index in [1.807, 2.05) is 25.1 Å². The van der Waals surface area contributed by atoms with Crippen LogP contribution in [0.5, 0.6) is 5.75 Å². The Bertz CT molecular complexity index is 952. The lowest BCUT2D eigenvalue weighted by atomic mass is 9.94. The Labute approximate surface area is 153 Å². The molecule has 1 aliphatic rings. The minimum absolute atomic E-state index is 0.115. The number of rotatable bonds is 4. The van der Waals surface area contributed by atoms with Gasteiger partial charge in [0.25, 0.3) is 0 Å². The molecule has 0 saturated carbocycles. The van der Waals surface area contributed by atoms with Crippen LogP contribution >= 0.6 is 0 Å². The van der Waals surface area contributed by atoms with Crippen LogP contribution in [-0.2, 0) is 20.6 Å². The molecule has 2 aromatic carbocycles. The van der Waals surface area contributed by atoms with Gasteiger partial charge in [0.1, 0.15) is 12.4 Å². The van der Waals surface area contributed by atoms with Crippen molar-refractivity contribution in [2.24, 2.45) is 5.41 Å². The normalized spacial score (nSPS) is 16.0. The minimum Gasteiger partial charge on any atom is -0.490 e. The fraction of sp³-hybridized carbons (Fsp3) is 0.316. The number of aryl methyl sites for hydroxylation is 1. The summed E-state index contributed by atoms with van der Waals surface area (Å²) in [6, 6.07) is 12.2. The van der Waals surface area contributed by atoms with Crippen LogP contribution in [0.4, 0.5) is 11.4 Å². The lowest BCUT2D eigenvalue weighted by Gasteiger charge is -2.18. The standard InChI is InChI=1S/C19H22N2O4S/c1-13-5-4-6-14(9-13)11-26(23,24)21-15-7-8-16-17(10-15)25-12-19(2,3)18(22)20-16/h4-10,21H,11-12H2,1-3H3,(H,20,22). The third kappa shape index (κ3) is 4.16. The van der Waals surface area contributed by atoms with E-state index in [4.69, 9.17) is 4.74 Å². The summed E-state index contributed by atoms with van der Waals surface area (Å²) < 4.78 is 33.2. The minimum atomic E-state index is -3.57. The van der Waals surface area contributed by atoms with Crippen LogP contribution in [0.15, 0.2) is 42.5 Å². The molecule has 0 spiro atoms.